The van der Waals surface area contributed by atoms with Crippen LogP contribution in [0.25, 0.3) is 0 Å². The van der Waals surface area contributed by atoms with Gasteiger partial charge in [-0.2, -0.15) is 5.10 Å². The Balaban J connectivity index is 2.24. The van der Waals surface area contributed by atoms with Gasteiger partial charge in [-0.15, -0.1) is 0 Å². The molecule has 0 saturated carbocycles. The third-order valence-corrected chi connectivity index (χ3v) is 3.29. The van der Waals surface area contributed by atoms with Gasteiger partial charge in [-0.1, -0.05) is 11.6 Å². The van der Waals surface area contributed by atoms with Crippen LogP contribution in [0.4, 0.5) is 0 Å². The van der Waals surface area contributed by atoms with Gasteiger partial charge in [-0.25, -0.2) is 0 Å². The van der Waals surface area contributed by atoms with Gasteiger partial charge in [0.15, 0.2) is 5.78 Å². The smallest absolute Gasteiger partial charge is 0.186 e. The first kappa shape index (κ1) is 12.9. The summed E-state index contributed by atoms with van der Waals surface area (Å²) < 4.78 is 3.69. The lowest BCUT2D eigenvalue weighted by Crippen LogP contribution is -2.12. The first-order valence-corrected chi connectivity index (χ1v) is 6.28. The number of aryl methyl sites for hydroxylation is 1. The predicted molar refractivity (Wildman–Crippen MR) is 71.1 cm³/mol. The summed E-state index contributed by atoms with van der Waals surface area (Å²) >= 11 is 5.77. The standard InChI is InChI=1S/C13H16ClN3O/c1-4-17-9(2)5-12(10(17)3)13(18)8-16-7-11(14)6-15-16/h5-7H,4,8H2,1-3H3. The summed E-state index contributed by atoms with van der Waals surface area (Å²) in [5.74, 6) is 0.0579. The van der Waals surface area contributed by atoms with E-state index in [1.807, 2.05) is 19.9 Å². The molecule has 0 aliphatic carbocycles. The monoisotopic (exact) mass is 265 g/mol. The number of aromatic nitrogens is 3. The molecule has 0 aromatic carbocycles. The molecular weight excluding hydrogens is 250 g/mol. The van der Waals surface area contributed by atoms with Gasteiger partial charge >= 0.3 is 0 Å². The third-order valence-electron chi connectivity index (χ3n) is 3.10. The van der Waals surface area contributed by atoms with E-state index in [9.17, 15) is 4.79 Å². The first-order chi connectivity index (χ1) is 8.52. The van der Waals surface area contributed by atoms with E-state index < -0.39 is 0 Å². The van der Waals surface area contributed by atoms with Crippen LogP contribution in [0.5, 0.6) is 0 Å². The molecule has 2 aromatic rings. The molecule has 0 N–H and O–H groups in total. The van der Waals surface area contributed by atoms with Crippen molar-refractivity contribution in [1.29, 1.82) is 0 Å². The number of hydrogen-bond donors (Lipinski definition) is 0. The lowest BCUT2D eigenvalue weighted by molar-refractivity contribution is 0.0967. The molecular formula is C13H16ClN3O. The zero-order valence-electron chi connectivity index (χ0n) is 10.8. The maximum absolute atomic E-state index is 12.2. The Hall–Kier alpha value is -1.55. The van der Waals surface area contributed by atoms with Crippen LogP contribution in [0.1, 0.15) is 28.7 Å². The Morgan fingerprint density at radius 2 is 2.17 bits per heavy atom. The Bertz CT molecular complexity index is 583. The quantitative estimate of drug-likeness (QED) is 0.798. The first-order valence-electron chi connectivity index (χ1n) is 5.90. The highest BCUT2D eigenvalue weighted by Gasteiger charge is 2.15. The SMILES string of the molecule is CCn1c(C)cc(C(=O)Cn2cc(Cl)cn2)c1C. The van der Waals surface area contributed by atoms with Crippen LogP contribution < -0.4 is 0 Å². The molecule has 2 heterocycles. The number of hydrogen-bond acceptors (Lipinski definition) is 2. The fourth-order valence-electron chi connectivity index (χ4n) is 2.23. The van der Waals surface area contributed by atoms with Crippen LogP contribution in [0.3, 0.4) is 0 Å². The number of Topliss-reactive ketones (excluding diaryl/α,β-unsaturated/α-hetero) is 1. The van der Waals surface area contributed by atoms with Crippen molar-refractivity contribution in [1.82, 2.24) is 14.3 Å². The minimum atomic E-state index is 0.0579. The van der Waals surface area contributed by atoms with E-state index in [0.29, 0.717) is 5.02 Å². The molecule has 0 aliphatic heterocycles. The largest absolute Gasteiger partial charge is 0.349 e. The van der Waals surface area contributed by atoms with Crippen LogP contribution in [0.2, 0.25) is 5.02 Å². The van der Waals surface area contributed by atoms with Crippen molar-refractivity contribution in [2.75, 3.05) is 0 Å². The van der Waals surface area contributed by atoms with E-state index in [4.69, 9.17) is 11.6 Å². The molecule has 2 rings (SSSR count). The van der Waals surface area contributed by atoms with E-state index in [1.165, 1.54) is 6.20 Å². The second-order valence-corrected chi connectivity index (χ2v) is 4.74. The number of nitrogens with zero attached hydrogens (tertiary/aromatic N) is 3. The average molecular weight is 266 g/mol. The highest BCUT2D eigenvalue weighted by Crippen LogP contribution is 2.16. The molecule has 0 fully saturated rings. The summed E-state index contributed by atoms with van der Waals surface area (Å²) in [5, 5.41) is 4.56. The van der Waals surface area contributed by atoms with Gasteiger partial charge in [0, 0.05) is 29.7 Å². The van der Waals surface area contributed by atoms with Gasteiger partial charge in [0.1, 0.15) is 6.54 Å². The van der Waals surface area contributed by atoms with Gasteiger partial charge in [-0.3, -0.25) is 9.48 Å². The van der Waals surface area contributed by atoms with Gasteiger partial charge in [0.2, 0.25) is 0 Å². The molecule has 0 radical (unpaired) electrons. The average Bonchev–Trinajstić information content (AvgIpc) is 2.83. The molecule has 0 aliphatic rings. The normalized spacial score (nSPS) is 10.9. The van der Waals surface area contributed by atoms with Crippen molar-refractivity contribution in [2.24, 2.45) is 0 Å². The van der Waals surface area contributed by atoms with Crippen molar-refractivity contribution < 1.29 is 4.79 Å². The maximum Gasteiger partial charge on any atom is 0.186 e. The van der Waals surface area contributed by atoms with Crippen molar-refractivity contribution in [2.45, 2.75) is 33.9 Å². The minimum absolute atomic E-state index is 0.0579. The molecule has 0 saturated heterocycles. The topological polar surface area (TPSA) is 39.8 Å². The molecule has 0 bridgehead atoms. The zero-order chi connectivity index (χ0) is 13.3. The molecule has 0 amide bonds. The van der Waals surface area contributed by atoms with Gasteiger partial charge in [-0.05, 0) is 26.8 Å². The lowest BCUT2D eigenvalue weighted by Gasteiger charge is -2.05. The molecule has 5 heteroatoms. The summed E-state index contributed by atoms with van der Waals surface area (Å²) in [6, 6.07) is 1.94. The highest BCUT2D eigenvalue weighted by molar-refractivity contribution is 6.30. The summed E-state index contributed by atoms with van der Waals surface area (Å²) in [5.41, 5.74) is 2.89. The number of halogens is 1. The zero-order valence-corrected chi connectivity index (χ0v) is 11.5. The lowest BCUT2D eigenvalue weighted by atomic mass is 10.1. The van der Waals surface area contributed by atoms with Crippen molar-refractivity contribution in [3.05, 3.63) is 40.4 Å². The summed E-state index contributed by atoms with van der Waals surface area (Å²) in [4.78, 5) is 12.2. The summed E-state index contributed by atoms with van der Waals surface area (Å²) in [6.45, 7) is 7.15. The van der Waals surface area contributed by atoms with Gasteiger partial charge < -0.3 is 4.57 Å². The van der Waals surface area contributed by atoms with Crippen LogP contribution >= 0.6 is 11.6 Å². The van der Waals surface area contributed by atoms with Gasteiger partial charge in [0.25, 0.3) is 0 Å². The molecule has 0 unspecified atom stereocenters. The predicted octanol–water partition coefficient (Wildman–Crippen LogP) is 2.86. The van der Waals surface area contributed by atoms with Crippen LogP contribution in [0, 0.1) is 13.8 Å². The van der Waals surface area contributed by atoms with Crippen LogP contribution in [-0.2, 0) is 13.1 Å². The third kappa shape index (κ3) is 2.34. The Morgan fingerprint density at radius 1 is 1.44 bits per heavy atom. The Labute approximate surface area is 111 Å². The maximum atomic E-state index is 12.2. The van der Waals surface area contributed by atoms with E-state index in [0.717, 1.165) is 23.5 Å². The minimum Gasteiger partial charge on any atom is -0.349 e. The van der Waals surface area contributed by atoms with Crippen molar-refractivity contribution >= 4 is 17.4 Å². The summed E-state index contributed by atoms with van der Waals surface area (Å²) in [6.07, 6.45) is 3.18. The summed E-state index contributed by atoms with van der Waals surface area (Å²) in [7, 11) is 0. The van der Waals surface area contributed by atoms with E-state index in [-0.39, 0.29) is 12.3 Å². The van der Waals surface area contributed by atoms with Crippen molar-refractivity contribution in [3.63, 3.8) is 0 Å². The van der Waals surface area contributed by atoms with E-state index >= 15 is 0 Å². The number of carbonyl (C=O) groups is 1. The molecule has 0 spiro atoms. The second kappa shape index (κ2) is 4.98. The molecule has 4 nitrogen and oxygen atoms in total. The highest BCUT2D eigenvalue weighted by atomic mass is 35.5. The molecule has 0 atom stereocenters. The van der Waals surface area contributed by atoms with E-state index in [1.54, 1.807) is 10.9 Å². The van der Waals surface area contributed by atoms with Crippen LogP contribution in [0.15, 0.2) is 18.5 Å². The number of carbonyl (C=O) groups excluding carboxylic acids is 1. The fraction of sp³-hybridized carbons (Fsp3) is 0.385. The molecule has 96 valence electrons. The van der Waals surface area contributed by atoms with Gasteiger partial charge in [0.05, 0.1) is 11.2 Å². The van der Waals surface area contributed by atoms with E-state index in [2.05, 4.69) is 16.6 Å². The molecule has 18 heavy (non-hydrogen) atoms. The van der Waals surface area contributed by atoms with Crippen LogP contribution in [-0.4, -0.2) is 20.1 Å². The molecule has 2 aromatic heterocycles. The number of ketones is 1. The fourth-order valence-corrected chi connectivity index (χ4v) is 2.38. The number of rotatable bonds is 4. The second-order valence-electron chi connectivity index (χ2n) is 4.31. The van der Waals surface area contributed by atoms with Crippen molar-refractivity contribution in [3.8, 4) is 0 Å². The Morgan fingerprint density at radius 3 is 2.67 bits per heavy atom. The Kier molecular flexibility index (Phi) is 3.57.